The minimum absolute atomic E-state index is 0.0311. The van der Waals surface area contributed by atoms with E-state index >= 15 is 0 Å². The number of benzene rings is 1. The summed E-state index contributed by atoms with van der Waals surface area (Å²) in [6.45, 7) is 3.35. The molecule has 0 atom stereocenters. The van der Waals surface area contributed by atoms with Crippen molar-refractivity contribution in [2.45, 2.75) is 18.2 Å². The molecule has 0 saturated heterocycles. The minimum Gasteiger partial charge on any atom is -0.396 e. The fraction of sp³-hybridized carbons (Fsp3) is 0.538. The van der Waals surface area contributed by atoms with Crippen LogP contribution in [0, 0.1) is 5.82 Å². The number of likely N-dealkylation sites (N-methyl/N-ethyl adjacent to an activating group) is 1. The number of sulfonamides is 1. The monoisotopic (exact) mass is 303 g/mol. The quantitative estimate of drug-likeness (QED) is 0.773. The number of nitrogen functional groups attached to an aromatic ring is 1. The molecule has 5 nitrogen and oxygen atoms in total. The Kier molecular flexibility index (Phi) is 5.91. The van der Waals surface area contributed by atoms with Gasteiger partial charge in [-0.2, -0.15) is 4.31 Å². The number of hydrogen-bond acceptors (Lipinski definition) is 4. The second kappa shape index (κ2) is 7.01. The van der Waals surface area contributed by atoms with Crippen LogP contribution in [0.3, 0.4) is 0 Å². The van der Waals surface area contributed by atoms with Crippen molar-refractivity contribution in [3.05, 3.63) is 24.0 Å². The van der Waals surface area contributed by atoms with Crippen LogP contribution in [0.25, 0.3) is 0 Å². The summed E-state index contributed by atoms with van der Waals surface area (Å²) in [5.74, 6) is -0.612. The van der Waals surface area contributed by atoms with Crippen molar-refractivity contribution in [3.63, 3.8) is 0 Å². The van der Waals surface area contributed by atoms with Gasteiger partial charge in [-0.15, -0.1) is 0 Å². The van der Waals surface area contributed by atoms with Gasteiger partial charge in [0.25, 0.3) is 0 Å². The lowest BCUT2D eigenvalue weighted by atomic mass is 10.3. The van der Waals surface area contributed by atoms with E-state index in [0.29, 0.717) is 26.1 Å². The van der Waals surface area contributed by atoms with E-state index in [9.17, 15) is 12.8 Å². The minimum atomic E-state index is -3.64. The second-order valence-electron chi connectivity index (χ2n) is 4.89. The van der Waals surface area contributed by atoms with Gasteiger partial charge in [0.1, 0.15) is 5.82 Å². The van der Waals surface area contributed by atoms with Crippen LogP contribution in [0.5, 0.6) is 0 Å². The summed E-state index contributed by atoms with van der Waals surface area (Å²) in [5, 5.41) is 0. The topological polar surface area (TPSA) is 66.6 Å². The van der Waals surface area contributed by atoms with E-state index in [4.69, 9.17) is 5.73 Å². The number of hydrogen-bond donors (Lipinski definition) is 1. The maximum absolute atomic E-state index is 13.1. The normalized spacial score (nSPS) is 12.3. The number of nitrogens with zero attached hydrogens (tertiary/aromatic N) is 2. The van der Waals surface area contributed by atoms with Gasteiger partial charge in [-0.05, 0) is 38.7 Å². The molecule has 1 rings (SSSR count). The molecule has 0 aliphatic heterocycles. The summed E-state index contributed by atoms with van der Waals surface area (Å²) in [4.78, 5) is 1.95. The van der Waals surface area contributed by atoms with Crippen molar-refractivity contribution in [1.82, 2.24) is 9.21 Å². The Bertz CT molecular complexity index is 547. The molecule has 0 unspecified atom stereocenters. The van der Waals surface area contributed by atoms with Gasteiger partial charge >= 0.3 is 0 Å². The molecule has 0 amide bonds. The van der Waals surface area contributed by atoms with Gasteiger partial charge < -0.3 is 10.6 Å². The third kappa shape index (κ3) is 4.16. The first kappa shape index (κ1) is 16.9. The Labute approximate surface area is 120 Å². The van der Waals surface area contributed by atoms with Gasteiger partial charge in [-0.1, -0.05) is 6.92 Å². The van der Waals surface area contributed by atoms with Crippen molar-refractivity contribution in [2.24, 2.45) is 0 Å². The molecule has 0 spiro atoms. The summed E-state index contributed by atoms with van der Waals surface area (Å²) in [5.41, 5.74) is 5.29. The first-order chi connectivity index (χ1) is 9.28. The van der Waals surface area contributed by atoms with Crippen molar-refractivity contribution in [3.8, 4) is 0 Å². The van der Waals surface area contributed by atoms with Gasteiger partial charge in [-0.3, -0.25) is 0 Å². The van der Waals surface area contributed by atoms with E-state index in [0.717, 1.165) is 6.07 Å². The SMILES string of the molecule is CCCN(CCN(C)C)S(=O)(=O)c1ccc(F)c(N)c1. The van der Waals surface area contributed by atoms with E-state index < -0.39 is 15.8 Å². The molecule has 2 N–H and O–H groups in total. The third-order valence-corrected chi connectivity index (χ3v) is 4.77. The molecule has 1 aromatic rings. The third-order valence-electron chi connectivity index (χ3n) is 2.87. The largest absolute Gasteiger partial charge is 0.396 e. The van der Waals surface area contributed by atoms with Crippen LogP contribution in [0.2, 0.25) is 0 Å². The van der Waals surface area contributed by atoms with E-state index in [1.807, 2.05) is 25.9 Å². The molecule has 0 radical (unpaired) electrons. The van der Waals surface area contributed by atoms with E-state index in [-0.39, 0.29) is 10.6 Å². The highest BCUT2D eigenvalue weighted by molar-refractivity contribution is 7.89. The molecule has 0 saturated carbocycles. The first-order valence-electron chi connectivity index (χ1n) is 6.49. The molecule has 0 heterocycles. The molecule has 0 aliphatic carbocycles. The smallest absolute Gasteiger partial charge is 0.243 e. The lowest BCUT2D eigenvalue weighted by Gasteiger charge is -2.23. The molecule has 0 aromatic heterocycles. The predicted molar refractivity (Wildman–Crippen MR) is 78.4 cm³/mol. The van der Waals surface area contributed by atoms with Gasteiger partial charge in [0, 0.05) is 19.6 Å². The molecular formula is C13H22FN3O2S. The molecule has 0 fully saturated rings. The van der Waals surface area contributed by atoms with Crippen LogP contribution in [-0.2, 0) is 10.0 Å². The van der Waals surface area contributed by atoms with E-state index in [1.54, 1.807) is 0 Å². The van der Waals surface area contributed by atoms with Crippen LogP contribution < -0.4 is 5.73 Å². The summed E-state index contributed by atoms with van der Waals surface area (Å²) < 4.78 is 39.6. The lowest BCUT2D eigenvalue weighted by molar-refractivity contribution is 0.333. The standard InChI is InChI=1S/C13H22FN3O2S/c1-4-7-17(9-8-16(2)3)20(18,19)11-5-6-12(14)13(15)10-11/h5-6,10H,4,7-9,15H2,1-3H3. The maximum atomic E-state index is 13.1. The Hall–Kier alpha value is -1.18. The summed E-state index contributed by atoms with van der Waals surface area (Å²) in [6.07, 6.45) is 0.712. The number of halogens is 1. The highest BCUT2D eigenvalue weighted by Gasteiger charge is 2.24. The molecule has 1 aromatic carbocycles. The van der Waals surface area contributed by atoms with Crippen molar-refractivity contribution >= 4 is 15.7 Å². The molecule has 0 bridgehead atoms. The zero-order chi connectivity index (χ0) is 15.3. The number of nitrogens with two attached hydrogens (primary N) is 1. The average Bonchev–Trinajstić information content (AvgIpc) is 2.37. The average molecular weight is 303 g/mol. The zero-order valence-electron chi connectivity index (χ0n) is 12.1. The van der Waals surface area contributed by atoms with Crippen molar-refractivity contribution in [2.75, 3.05) is 39.5 Å². The van der Waals surface area contributed by atoms with Crippen molar-refractivity contribution in [1.29, 1.82) is 0 Å². The van der Waals surface area contributed by atoms with E-state index in [2.05, 4.69) is 0 Å². The van der Waals surface area contributed by atoms with Gasteiger partial charge in [-0.25, -0.2) is 12.8 Å². The Balaban J connectivity index is 3.05. The molecule has 20 heavy (non-hydrogen) atoms. The van der Waals surface area contributed by atoms with Gasteiger partial charge in [0.2, 0.25) is 10.0 Å². The van der Waals surface area contributed by atoms with Crippen LogP contribution in [0.1, 0.15) is 13.3 Å². The van der Waals surface area contributed by atoms with Crippen LogP contribution >= 0.6 is 0 Å². The van der Waals surface area contributed by atoms with Crippen LogP contribution in [-0.4, -0.2) is 51.4 Å². The highest BCUT2D eigenvalue weighted by atomic mass is 32.2. The summed E-state index contributed by atoms with van der Waals surface area (Å²) in [7, 11) is 0.125. The Morgan fingerprint density at radius 3 is 2.35 bits per heavy atom. The van der Waals surface area contributed by atoms with Gasteiger partial charge in [0.15, 0.2) is 0 Å². The molecule has 114 valence electrons. The highest BCUT2D eigenvalue weighted by Crippen LogP contribution is 2.20. The zero-order valence-corrected chi connectivity index (χ0v) is 13.0. The summed E-state index contributed by atoms with van der Waals surface area (Å²) >= 11 is 0. The molecule has 7 heteroatoms. The number of anilines is 1. The summed E-state index contributed by atoms with van der Waals surface area (Å²) in [6, 6.07) is 3.50. The molecule has 0 aliphatic rings. The second-order valence-corrected chi connectivity index (χ2v) is 6.83. The lowest BCUT2D eigenvalue weighted by Crippen LogP contribution is -2.37. The van der Waals surface area contributed by atoms with E-state index in [1.165, 1.54) is 16.4 Å². The molecular weight excluding hydrogens is 281 g/mol. The van der Waals surface area contributed by atoms with Crippen LogP contribution in [0.4, 0.5) is 10.1 Å². The maximum Gasteiger partial charge on any atom is 0.243 e. The van der Waals surface area contributed by atoms with Crippen LogP contribution in [0.15, 0.2) is 23.1 Å². The predicted octanol–water partition coefficient (Wildman–Crippen LogP) is 1.37. The van der Waals surface area contributed by atoms with Gasteiger partial charge in [0.05, 0.1) is 10.6 Å². The fourth-order valence-electron chi connectivity index (χ4n) is 1.74. The Morgan fingerprint density at radius 2 is 1.85 bits per heavy atom. The van der Waals surface area contributed by atoms with Crippen molar-refractivity contribution < 1.29 is 12.8 Å². The fourth-order valence-corrected chi connectivity index (χ4v) is 3.30. The number of rotatable bonds is 7. The first-order valence-corrected chi connectivity index (χ1v) is 7.93. The Morgan fingerprint density at radius 1 is 1.20 bits per heavy atom.